The van der Waals surface area contributed by atoms with E-state index in [1.807, 2.05) is 0 Å². The average Bonchev–Trinajstić information content (AvgIpc) is 3.09. The second-order valence-corrected chi connectivity index (χ2v) is 6.97. The zero-order chi connectivity index (χ0) is 16.8. The zero-order valence-electron chi connectivity index (χ0n) is 14.4. The van der Waals surface area contributed by atoms with Gasteiger partial charge in [-0.2, -0.15) is 0 Å². The second-order valence-electron chi connectivity index (χ2n) is 6.97. The highest BCUT2D eigenvalue weighted by molar-refractivity contribution is 6.00. The Morgan fingerprint density at radius 3 is 2.28 bits per heavy atom. The number of benzene rings is 4. The quantitative estimate of drug-likeness (QED) is 0.348. The highest BCUT2D eigenvalue weighted by Crippen LogP contribution is 2.36. The number of fused-ring (bicyclic) bond motifs is 3. The summed E-state index contributed by atoms with van der Waals surface area (Å²) in [5.41, 5.74) is 7.09. The lowest BCUT2D eigenvalue weighted by Gasteiger charge is -2.10. The molecule has 0 spiro atoms. The number of hydrogen-bond acceptors (Lipinski definition) is 0. The molecule has 1 aliphatic carbocycles. The minimum atomic E-state index is 1.11. The summed E-state index contributed by atoms with van der Waals surface area (Å²) in [6.45, 7) is 2.25. The predicted octanol–water partition coefficient (Wildman–Crippen LogP) is 7.01. The molecular formula is C25H20. The molecule has 0 radical (unpaired) electrons. The van der Waals surface area contributed by atoms with Crippen molar-refractivity contribution in [3.8, 4) is 11.1 Å². The van der Waals surface area contributed by atoms with Crippen LogP contribution in [0.15, 0.2) is 78.4 Å². The SMILES string of the molecule is CCC1=Cc2c(cccc2-c2ccc3cc4ccccc4cc3c2)C1. The van der Waals surface area contributed by atoms with Crippen molar-refractivity contribution in [2.24, 2.45) is 0 Å². The summed E-state index contributed by atoms with van der Waals surface area (Å²) in [6, 6.07) is 26.8. The van der Waals surface area contributed by atoms with Crippen molar-refractivity contribution in [1.82, 2.24) is 0 Å². The van der Waals surface area contributed by atoms with E-state index in [4.69, 9.17) is 0 Å². The first-order valence-corrected chi connectivity index (χ1v) is 9.06. The molecule has 1 aliphatic rings. The van der Waals surface area contributed by atoms with Crippen LogP contribution in [0, 0.1) is 0 Å². The molecule has 0 aromatic heterocycles. The molecule has 5 rings (SSSR count). The third kappa shape index (κ3) is 2.37. The minimum Gasteiger partial charge on any atom is -0.0655 e. The molecule has 0 heteroatoms. The van der Waals surface area contributed by atoms with Crippen molar-refractivity contribution in [3.63, 3.8) is 0 Å². The van der Waals surface area contributed by atoms with E-state index < -0.39 is 0 Å². The van der Waals surface area contributed by atoms with Gasteiger partial charge in [0, 0.05) is 0 Å². The highest BCUT2D eigenvalue weighted by atomic mass is 14.2. The summed E-state index contributed by atoms with van der Waals surface area (Å²) in [5.74, 6) is 0. The molecule has 0 saturated carbocycles. The summed E-state index contributed by atoms with van der Waals surface area (Å²) >= 11 is 0. The standard InChI is InChI=1S/C25H20/c1-2-17-12-21-8-5-9-24(25(21)13-17)22-11-10-20-14-18-6-3-4-7-19(18)15-23(20)16-22/h3-11,13-16H,2,12H2,1H3. The molecule has 0 bridgehead atoms. The van der Waals surface area contributed by atoms with Crippen LogP contribution in [0.1, 0.15) is 24.5 Å². The fourth-order valence-corrected chi connectivity index (χ4v) is 4.02. The molecule has 25 heavy (non-hydrogen) atoms. The Hall–Kier alpha value is -2.86. The van der Waals surface area contributed by atoms with E-state index in [2.05, 4.69) is 85.8 Å². The largest absolute Gasteiger partial charge is 0.0655 e. The lowest BCUT2D eigenvalue weighted by atomic mass is 9.94. The Morgan fingerprint density at radius 2 is 1.48 bits per heavy atom. The first-order chi connectivity index (χ1) is 12.3. The van der Waals surface area contributed by atoms with Gasteiger partial charge >= 0.3 is 0 Å². The van der Waals surface area contributed by atoms with Crippen molar-refractivity contribution in [3.05, 3.63) is 89.5 Å². The third-order valence-electron chi connectivity index (χ3n) is 5.43. The van der Waals surface area contributed by atoms with Gasteiger partial charge in [0.1, 0.15) is 0 Å². The summed E-state index contributed by atoms with van der Waals surface area (Å²) in [4.78, 5) is 0. The zero-order valence-corrected chi connectivity index (χ0v) is 14.4. The molecule has 0 unspecified atom stereocenters. The van der Waals surface area contributed by atoms with Crippen molar-refractivity contribution in [1.29, 1.82) is 0 Å². The first kappa shape index (κ1) is 14.5. The van der Waals surface area contributed by atoms with E-state index in [1.54, 1.807) is 0 Å². The Balaban J connectivity index is 1.71. The molecule has 4 aromatic carbocycles. The maximum absolute atomic E-state index is 2.40. The number of allylic oxidation sites excluding steroid dienone is 1. The second kappa shape index (κ2) is 5.60. The van der Waals surface area contributed by atoms with E-state index in [1.165, 1.54) is 49.4 Å². The van der Waals surface area contributed by atoms with Gasteiger partial charge < -0.3 is 0 Å². The first-order valence-electron chi connectivity index (χ1n) is 9.06. The van der Waals surface area contributed by atoms with Gasteiger partial charge in [0.15, 0.2) is 0 Å². The van der Waals surface area contributed by atoms with Crippen LogP contribution in [0.2, 0.25) is 0 Å². The van der Waals surface area contributed by atoms with Gasteiger partial charge in [0.05, 0.1) is 0 Å². The minimum absolute atomic E-state index is 1.11. The molecule has 0 fully saturated rings. The van der Waals surface area contributed by atoms with Crippen molar-refractivity contribution in [2.45, 2.75) is 19.8 Å². The summed E-state index contributed by atoms with van der Waals surface area (Å²) in [6.07, 6.45) is 4.64. The lowest BCUT2D eigenvalue weighted by molar-refractivity contribution is 1.04. The van der Waals surface area contributed by atoms with Crippen LogP contribution in [0.5, 0.6) is 0 Å². The van der Waals surface area contributed by atoms with Gasteiger partial charge in [-0.1, -0.05) is 73.2 Å². The molecule has 0 nitrogen and oxygen atoms in total. The van der Waals surface area contributed by atoms with Crippen LogP contribution in [-0.4, -0.2) is 0 Å². The molecule has 0 aliphatic heterocycles. The van der Waals surface area contributed by atoms with Gasteiger partial charge in [-0.3, -0.25) is 0 Å². The van der Waals surface area contributed by atoms with Crippen LogP contribution in [-0.2, 0) is 6.42 Å². The third-order valence-corrected chi connectivity index (χ3v) is 5.43. The van der Waals surface area contributed by atoms with E-state index >= 15 is 0 Å². The average molecular weight is 320 g/mol. The van der Waals surface area contributed by atoms with Crippen LogP contribution < -0.4 is 0 Å². The normalized spacial score (nSPS) is 13.2. The molecule has 4 aromatic rings. The van der Waals surface area contributed by atoms with Gasteiger partial charge in [0.2, 0.25) is 0 Å². The van der Waals surface area contributed by atoms with Crippen LogP contribution in [0.3, 0.4) is 0 Å². The van der Waals surface area contributed by atoms with E-state index in [0.29, 0.717) is 0 Å². The van der Waals surface area contributed by atoms with E-state index in [-0.39, 0.29) is 0 Å². The molecule has 0 atom stereocenters. The van der Waals surface area contributed by atoms with Crippen LogP contribution >= 0.6 is 0 Å². The molecular weight excluding hydrogens is 300 g/mol. The van der Waals surface area contributed by atoms with Gasteiger partial charge in [-0.05, 0) is 74.8 Å². The van der Waals surface area contributed by atoms with E-state index in [0.717, 1.165) is 12.8 Å². The lowest BCUT2D eigenvalue weighted by Crippen LogP contribution is -1.88. The van der Waals surface area contributed by atoms with E-state index in [9.17, 15) is 0 Å². The van der Waals surface area contributed by atoms with Crippen molar-refractivity contribution >= 4 is 27.6 Å². The Labute approximate surface area is 148 Å². The van der Waals surface area contributed by atoms with Crippen LogP contribution in [0.4, 0.5) is 0 Å². The number of rotatable bonds is 2. The smallest absolute Gasteiger partial charge is 0.00577 e. The van der Waals surface area contributed by atoms with Gasteiger partial charge in [-0.25, -0.2) is 0 Å². The Morgan fingerprint density at radius 1 is 0.720 bits per heavy atom. The monoisotopic (exact) mass is 320 g/mol. The Kier molecular flexibility index (Phi) is 3.24. The maximum Gasteiger partial charge on any atom is -0.00577 e. The predicted molar refractivity (Wildman–Crippen MR) is 109 cm³/mol. The van der Waals surface area contributed by atoms with Gasteiger partial charge in [0.25, 0.3) is 0 Å². The fraction of sp³-hybridized carbons (Fsp3) is 0.120. The van der Waals surface area contributed by atoms with Gasteiger partial charge in [-0.15, -0.1) is 0 Å². The molecule has 0 heterocycles. The topological polar surface area (TPSA) is 0 Å². The number of hydrogen-bond donors (Lipinski definition) is 0. The maximum atomic E-state index is 2.40. The highest BCUT2D eigenvalue weighted by Gasteiger charge is 2.15. The summed E-state index contributed by atoms with van der Waals surface area (Å²) in [7, 11) is 0. The summed E-state index contributed by atoms with van der Waals surface area (Å²) in [5, 5.41) is 5.23. The molecule has 0 N–H and O–H groups in total. The fourth-order valence-electron chi connectivity index (χ4n) is 4.02. The summed E-state index contributed by atoms with van der Waals surface area (Å²) < 4.78 is 0. The molecule has 0 saturated heterocycles. The van der Waals surface area contributed by atoms with Crippen molar-refractivity contribution < 1.29 is 0 Å². The Bertz CT molecular complexity index is 1150. The van der Waals surface area contributed by atoms with Crippen molar-refractivity contribution in [2.75, 3.05) is 0 Å². The molecule has 120 valence electrons. The molecule has 0 amide bonds. The van der Waals surface area contributed by atoms with Crippen LogP contribution in [0.25, 0.3) is 38.7 Å².